The van der Waals surface area contributed by atoms with E-state index in [0.717, 1.165) is 22.4 Å². The Hall–Kier alpha value is -3.57. The van der Waals surface area contributed by atoms with E-state index in [-0.39, 0.29) is 24.9 Å². The van der Waals surface area contributed by atoms with Crippen molar-refractivity contribution in [3.05, 3.63) is 84.3 Å². The van der Waals surface area contributed by atoms with Crippen molar-refractivity contribution in [2.45, 2.75) is 51.4 Å². The molecule has 2 aromatic carbocycles. The third-order valence-corrected chi connectivity index (χ3v) is 6.66. The first-order chi connectivity index (χ1) is 18.8. The number of halogens is 1. The molecule has 4 atom stereocenters. The average Bonchev–Trinajstić information content (AvgIpc) is 2.96. The number of rotatable bonds is 13. The maximum absolute atomic E-state index is 13.3. The van der Waals surface area contributed by atoms with Crippen molar-refractivity contribution in [1.29, 1.82) is 0 Å². The van der Waals surface area contributed by atoms with Crippen molar-refractivity contribution in [2.24, 2.45) is 11.8 Å². The van der Waals surface area contributed by atoms with Crippen LogP contribution in [0.1, 0.15) is 31.4 Å². The SMILES string of the molecule is CC[C@H](C)[C@H](NC(=O)OC)C(=O)N[C@@H](Cc1ccccc1)[C@@H](O)CN(N)Cc1ccc(-c2cnccn2)cc1.Cl. The average molecular weight is 571 g/mol. The molecule has 216 valence electrons. The predicted octanol–water partition coefficient (Wildman–Crippen LogP) is 3.10. The Morgan fingerprint density at radius 1 is 1.05 bits per heavy atom. The van der Waals surface area contributed by atoms with Gasteiger partial charge in [-0.2, -0.15) is 0 Å². The van der Waals surface area contributed by atoms with E-state index in [2.05, 4.69) is 20.6 Å². The predicted molar refractivity (Wildman–Crippen MR) is 156 cm³/mol. The van der Waals surface area contributed by atoms with Gasteiger partial charge >= 0.3 is 6.09 Å². The lowest BCUT2D eigenvalue weighted by atomic mass is 9.96. The van der Waals surface area contributed by atoms with Gasteiger partial charge in [-0.3, -0.25) is 20.6 Å². The topological polar surface area (TPSA) is 143 Å². The highest BCUT2D eigenvalue weighted by atomic mass is 35.5. The first-order valence-electron chi connectivity index (χ1n) is 13.0. The minimum atomic E-state index is -0.978. The van der Waals surface area contributed by atoms with Crippen LogP contribution in [-0.4, -0.2) is 63.9 Å². The van der Waals surface area contributed by atoms with Crippen LogP contribution in [0.5, 0.6) is 0 Å². The molecule has 0 spiro atoms. The Morgan fingerprint density at radius 3 is 2.35 bits per heavy atom. The number of benzene rings is 2. The van der Waals surface area contributed by atoms with Gasteiger partial charge in [0.1, 0.15) is 6.04 Å². The molecule has 0 unspecified atom stereocenters. The van der Waals surface area contributed by atoms with Crippen LogP contribution in [0.25, 0.3) is 11.3 Å². The van der Waals surface area contributed by atoms with Crippen molar-refractivity contribution in [1.82, 2.24) is 25.6 Å². The van der Waals surface area contributed by atoms with E-state index < -0.39 is 30.2 Å². The van der Waals surface area contributed by atoms with Gasteiger partial charge in [0, 0.05) is 31.0 Å². The Balaban J connectivity index is 0.00000560. The minimum Gasteiger partial charge on any atom is -0.453 e. The molecule has 5 N–H and O–H groups in total. The van der Waals surface area contributed by atoms with E-state index >= 15 is 0 Å². The lowest BCUT2D eigenvalue weighted by molar-refractivity contribution is -0.126. The second kappa shape index (κ2) is 16.5. The van der Waals surface area contributed by atoms with Gasteiger partial charge in [0.15, 0.2) is 0 Å². The van der Waals surface area contributed by atoms with Gasteiger partial charge < -0.3 is 20.5 Å². The third kappa shape index (κ3) is 9.87. The maximum atomic E-state index is 13.3. The quantitative estimate of drug-likeness (QED) is 0.181. The lowest BCUT2D eigenvalue weighted by Gasteiger charge is -2.30. The molecule has 2 amide bonds. The number of amides is 2. The number of nitrogens with zero attached hydrogens (tertiary/aromatic N) is 3. The molecule has 0 bridgehead atoms. The van der Waals surface area contributed by atoms with E-state index in [1.54, 1.807) is 18.6 Å². The summed E-state index contributed by atoms with van der Waals surface area (Å²) in [4.78, 5) is 33.6. The smallest absolute Gasteiger partial charge is 0.407 e. The number of ether oxygens (including phenoxy) is 1. The Kier molecular flexibility index (Phi) is 13.5. The van der Waals surface area contributed by atoms with Gasteiger partial charge in [-0.25, -0.2) is 9.80 Å². The number of carbonyl (C=O) groups is 2. The van der Waals surface area contributed by atoms with Crippen molar-refractivity contribution in [2.75, 3.05) is 13.7 Å². The number of nitrogens with one attached hydrogen (secondary N) is 2. The number of aromatic nitrogens is 2. The van der Waals surface area contributed by atoms with Crippen LogP contribution in [-0.2, 0) is 22.5 Å². The second-order valence-corrected chi connectivity index (χ2v) is 9.59. The standard InChI is InChI=1S/C29H38N6O4.ClH/c1-4-20(2)27(34-29(38)39-3)28(37)33-24(16-21-8-6-5-7-9-21)26(36)19-35(30)18-22-10-12-23(13-11-22)25-17-31-14-15-32-25;/h5-15,17,20,24,26-27,36H,4,16,18-19,30H2,1-3H3,(H,33,37)(H,34,38);1H/t20-,24-,26-,27-;/m0./s1. The molecule has 0 aliphatic carbocycles. The number of hydrogen-bond acceptors (Lipinski definition) is 8. The first-order valence-corrected chi connectivity index (χ1v) is 13.0. The summed E-state index contributed by atoms with van der Waals surface area (Å²) in [6.07, 6.45) is 4.37. The summed E-state index contributed by atoms with van der Waals surface area (Å²) in [5.74, 6) is 5.76. The number of alkyl carbamates (subject to hydrolysis) is 1. The van der Waals surface area contributed by atoms with Crippen LogP contribution in [0.2, 0.25) is 0 Å². The van der Waals surface area contributed by atoms with Crippen molar-refractivity contribution < 1.29 is 19.4 Å². The Bertz CT molecular complexity index is 1170. The minimum absolute atomic E-state index is 0. The largest absolute Gasteiger partial charge is 0.453 e. The van der Waals surface area contributed by atoms with Gasteiger partial charge in [0.05, 0.1) is 31.1 Å². The fraction of sp³-hybridized carbons (Fsp3) is 0.379. The summed E-state index contributed by atoms with van der Waals surface area (Å²) in [6, 6.07) is 15.9. The van der Waals surface area contributed by atoms with Gasteiger partial charge in [0.2, 0.25) is 5.91 Å². The highest BCUT2D eigenvalue weighted by molar-refractivity contribution is 5.86. The molecule has 0 radical (unpaired) electrons. The van der Waals surface area contributed by atoms with Gasteiger partial charge in [-0.05, 0) is 23.5 Å². The van der Waals surface area contributed by atoms with Crippen molar-refractivity contribution >= 4 is 24.4 Å². The molecule has 11 heteroatoms. The molecule has 3 rings (SSSR count). The fourth-order valence-electron chi connectivity index (χ4n) is 4.21. The van der Waals surface area contributed by atoms with E-state index in [9.17, 15) is 14.7 Å². The molecule has 1 aromatic heterocycles. The highest BCUT2D eigenvalue weighted by Crippen LogP contribution is 2.17. The molecule has 0 saturated heterocycles. The summed E-state index contributed by atoms with van der Waals surface area (Å²) in [5.41, 5.74) is 3.63. The molecule has 10 nitrogen and oxygen atoms in total. The normalized spacial score (nSPS) is 13.8. The first kappa shape index (κ1) is 32.6. The molecule has 1 heterocycles. The number of aliphatic hydroxyl groups excluding tert-OH is 1. The third-order valence-electron chi connectivity index (χ3n) is 6.66. The van der Waals surface area contributed by atoms with Crippen LogP contribution in [0, 0.1) is 5.92 Å². The molecular formula is C29H39ClN6O4. The van der Waals surface area contributed by atoms with E-state index in [0.29, 0.717) is 19.4 Å². The molecule has 0 aliphatic heterocycles. The Labute approximate surface area is 241 Å². The molecular weight excluding hydrogens is 532 g/mol. The van der Waals surface area contributed by atoms with Crippen LogP contribution in [0.15, 0.2) is 73.2 Å². The monoisotopic (exact) mass is 570 g/mol. The number of methoxy groups -OCH3 is 1. The zero-order valence-corrected chi connectivity index (χ0v) is 23.9. The number of aliphatic hydroxyl groups is 1. The van der Waals surface area contributed by atoms with Crippen LogP contribution >= 0.6 is 12.4 Å². The van der Waals surface area contributed by atoms with Crippen LogP contribution < -0.4 is 16.5 Å². The Morgan fingerprint density at radius 2 is 1.75 bits per heavy atom. The molecule has 0 saturated carbocycles. The van der Waals surface area contributed by atoms with Crippen LogP contribution in [0.4, 0.5) is 4.79 Å². The number of hydrogen-bond donors (Lipinski definition) is 4. The molecule has 0 aliphatic rings. The summed E-state index contributed by atoms with van der Waals surface area (Å²) >= 11 is 0. The lowest BCUT2D eigenvalue weighted by Crippen LogP contribution is -2.57. The van der Waals surface area contributed by atoms with Crippen LogP contribution in [0.3, 0.4) is 0 Å². The summed E-state index contributed by atoms with van der Waals surface area (Å²) in [6.45, 7) is 4.32. The maximum Gasteiger partial charge on any atom is 0.407 e. The van der Waals surface area contributed by atoms with Crippen molar-refractivity contribution in [3.8, 4) is 11.3 Å². The summed E-state index contributed by atoms with van der Waals surface area (Å²) in [7, 11) is 1.25. The van der Waals surface area contributed by atoms with E-state index in [1.165, 1.54) is 12.1 Å². The van der Waals surface area contributed by atoms with Gasteiger partial charge in [-0.1, -0.05) is 74.9 Å². The zero-order chi connectivity index (χ0) is 28.2. The summed E-state index contributed by atoms with van der Waals surface area (Å²) in [5, 5.41) is 18.3. The number of hydrazine groups is 1. The van der Waals surface area contributed by atoms with E-state index in [4.69, 9.17) is 10.6 Å². The summed E-state index contributed by atoms with van der Waals surface area (Å²) < 4.78 is 4.71. The number of nitrogens with two attached hydrogens (primary N) is 1. The molecule has 3 aromatic rings. The van der Waals surface area contributed by atoms with Crippen molar-refractivity contribution in [3.63, 3.8) is 0 Å². The van der Waals surface area contributed by atoms with Gasteiger partial charge in [-0.15, -0.1) is 12.4 Å². The van der Waals surface area contributed by atoms with Gasteiger partial charge in [0.25, 0.3) is 0 Å². The molecule has 40 heavy (non-hydrogen) atoms. The van der Waals surface area contributed by atoms with E-state index in [1.807, 2.05) is 68.4 Å². The number of carbonyl (C=O) groups excluding carboxylic acids is 2. The highest BCUT2D eigenvalue weighted by Gasteiger charge is 2.30. The molecule has 0 fully saturated rings. The second-order valence-electron chi connectivity index (χ2n) is 9.59. The fourth-order valence-corrected chi connectivity index (χ4v) is 4.21. The zero-order valence-electron chi connectivity index (χ0n) is 23.1.